The third-order valence-electron chi connectivity index (χ3n) is 3.82. The molecular formula is C21H22N2O4. The van der Waals surface area contributed by atoms with E-state index in [1.807, 2.05) is 54.6 Å². The van der Waals surface area contributed by atoms with E-state index in [-0.39, 0.29) is 0 Å². The van der Waals surface area contributed by atoms with Crippen molar-refractivity contribution in [2.75, 3.05) is 0 Å². The van der Waals surface area contributed by atoms with Crippen molar-refractivity contribution >= 4 is 24.0 Å². The van der Waals surface area contributed by atoms with Gasteiger partial charge in [0.1, 0.15) is 6.04 Å². The number of benzene rings is 2. The van der Waals surface area contributed by atoms with Gasteiger partial charge < -0.3 is 10.4 Å². The van der Waals surface area contributed by atoms with Gasteiger partial charge in [-0.2, -0.15) is 0 Å². The van der Waals surface area contributed by atoms with Crippen LogP contribution in [-0.4, -0.2) is 34.3 Å². The number of carbonyl (C=O) groups excluding carboxylic acids is 2. The molecule has 2 rings (SSSR count). The molecule has 0 aromatic heterocycles. The zero-order valence-corrected chi connectivity index (χ0v) is 14.9. The Morgan fingerprint density at radius 2 is 1.48 bits per heavy atom. The first-order valence-corrected chi connectivity index (χ1v) is 8.44. The van der Waals surface area contributed by atoms with Crippen molar-refractivity contribution in [3.8, 4) is 0 Å². The Balaban J connectivity index is 1.97. The Bertz CT molecular complexity index is 812. The van der Waals surface area contributed by atoms with E-state index in [1.54, 1.807) is 24.3 Å². The van der Waals surface area contributed by atoms with Crippen molar-refractivity contribution in [2.24, 2.45) is 0 Å². The average molecular weight is 366 g/mol. The maximum atomic E-state index is 12.2. The van der Waals surface area contributed by atoms with Gasteiger partial charge in [0, 0.05) is 5.56 Å². The van der Waals surface area contributed by atoms with Crippen LogP contribution >= 0.6 is 0 Å². The third-order valence-corrected chi connectivity index (χ3v) is 3.82. The molecule has 2 amide bonds. The summed E-state index contributed by atoms with van der Waals surface area (Å²) >= 11 is 0. The molecule has 0 aliphatic rings. The fourth-order valence-electron chi connectivity index (χ4n) is 2.34. The fourth-order valence-corrected chi connectivity index (χ4v) is 2.34. The van der Waals surface area contributed by atoms with Gasteiger partial charge in [-0.3, -0.25) is 14.8 Å². The third kappa shape index (κ3) is 6.22. The maximum absolute atomic E-state index is 12.2. The highest BCUT2D eigenvalue weighted by Gasteiger charge is 2.25. The van der Waals surface area contributed by atoms with Gasteiger partial charge >= 0.3 is 0 Å². The number of aliphatic hydroxyl groups is 1. The number of rotatable bonds is 7. The molecule has 4 N–H and O–H groups in total. The van der Waals surface area contributed by atoms with Gasteiger partial charge in [0.2, 0.25) is 0 Å². The van der Waals surface area contributed by atoms with Crippen molar-refractivity contribution in [3.05, 3.63) is 83.4 Å². The summed E-state index contributed by atoms with van der Waals surface area (Å²) in [5.74, 6) is -1.41. The van der Waals surface area contributed by atoms with Crippen molar-refractivity contribution < 1.29 is 19.9 Å². The summed E-state index contributed by atoms with van der Waals surface area (Å²) in [5, 5.41) is 20.6. The molecule has 140 valence electrons. The highest BCUT2D eigenvalue weighted by Crippen LogP contribution is 2.08. The highest BCUT2D eigenvalue weighted by atomic mass is 16.5. The van der Waals surface area contributed by atoms with Gasteiger partial charge in [-0.15, -0.1) is 0 Å². The molecule has 2 atom stereocenters. The molecule has 0 saturated carbocycles. The van der Waals surface area contributed by atoms with E-state index >= 15 is 0 Å². The average Bonchev–Trinajstić information content (AvgIpc) is 2.69. The maximum Gasteiger partial charge on any atom is 0.268 e. The second-order valence-corrected chi connectivity index (χ2v) is 5.92. The lowest BCUT2D eigenvalue weighted by molar-refractivity contribution is -0.133. The van der Waals surface area contributed by atoms with Crippen LogP contribution in [0.25, 0.3) is 12.2 Å². The summed E-state index contributed by atoms with van der Waals surface area (Å²) in [6.45, 7) is 1.34. The quantitative estimate of drug-likeness (QED) is 0.344. The summed E-state index contributed by atoms with van der Waals surface area (Å²) in [5.41, 5.74) is 3.77. The SMILES string of the molecule is CC(O)C(NC(=O)c1ccc(/C=C/C=C/c2ccccc2)cc1)C(=O)NO. The van der Waals surface area contributed by atoms with Crippen LogP contribution < -0.4 is 10.8 Å². The second-order valence-electron chi connectivity index (χ2n) is 5.92. The molecule has 0 spiro atoms. The zero-order chi connectivity index (χ0) is 19.6. The van der Waals surface area contributed by atoms with Gasteiger partial charge in [0.15, 0.2) is 0 Å². The number of aliphatic hydroxyl groups excluding tert-OH is 1. The van der Waals surface area contributed by atoms with Gasteiger partial charge in [0.25, 0.3) is 11.8 Å². The molecule has 0 aliphatic carbocycles. The van der Waals surface area contributed by atoms with Crippen molar-refractivity contribution in [3.63, 3.8) is 0 Å². The summed E-state index contributed by atoms with van der Waals surface area (Å²) in [4.78, 5) is 23.7. The number of amides is 2. The molecule has 0 radical (unpaired) electrons. The van der Waals surface area contributed by atoms with E-state index in [0.717, 1.165) is 11.1 Å². The lowest BCUT2D eigenvalue weighted by Crippen LogP contribution is -2.51. The molecule has 0 bridgehead atoms. The van der Waals surface area contributed by atoms with Crippen molar-refractivity contribution in [2.45, 2.75) is 19.1 Å². The van der Waals surface area contributed by atoms with E-state index in [2.05, 4.69) is 5.32 Å². The van der Waals surface area contributed by atoms with Gasteiger partial charge in [-0.25, -0.2) is 5.48 Å². The standard InChI is InChI=1S/C21H22N2O4/c1-15(24)19(21(26)23-27)22-20(25)18-13-11-17(12-14-18)10-6-5-9-16-7-3-2-4-8-16/h2-15,19,24,27H,1H3,(H,22,25)(H,23,26)/b9-5+,10-6+. The van der Waals surface area contributed by atoms with Gasteiger partial charge in [0.05, 0.1) is 6.10 Å². The minimum Gasteiger partial charge on any atom is -0.391 e. The van der Waals surface area contributed by atoms with E-state index < -0.39 is 24.0 Å². The topological polar surface area (TPSA) is 98.7 Å². The Morgan fingerprint density at radius 1 is 0.926 bits per heavy atom. The molecular weight excluding hydrogens is 344 g/mol. The van der Waals surface area contributed by atoms with Crippen LogP contribution in [0.1, 0.15) is 28.4 Å². The Hall–Kier alpha value is -3.22. The Labute approximate surface area is 157 Å². The predicted octanol–water partition coefficient (Wildman–Crippen LogP) is 2.40. The van der Waals surface area contributed by atoms with E-state index in [9.17, 15) is 14.7 Å². The van der Waals surface area contributed by atoms with E-state index in [0.29, 0.717) is 5.56 Å². The summed E-state index contributed by atoms with van der Waals surface area (Å²) in [6.07, 6.45) is 6.56. The Kier molecular flexibility index (Phi) is 7.49. The zero-order valence-electron chi connectivity index (χ0n) is 14.9. The number of carbonyl (C=O) groups is 2. The van der Waals surface area contributed by atoms with E-state index in [4.69, 9.17) is 5.21 Å². The second kappa shape index (κ2) is 10.1. The number of hydrogen-bond donors (Lipinski definition) is 4. The van der Waals surface area contributed by atoms with Gasteiger partial charge in [-0.1, -0.05) is 66.8 Å². The minimum atomic E-state index is -1.25. The van der Waals surface area contributed by atoms with E-state index in [1.165, 1.54) is 12.4 Å². The molecule has 2 unspecified atom stereocenters. The molecule has 6 heteroatoms. The predicted molar refractivity (Wildman–Crippen MR) is 104 cm³/mol. The summed E-state index contributed by atoms with van der Waals surface area (Å²) in [7, 11) is 0. The van der Waals surface area contributed by atoms with Crippen LogP contribution in [0.4, 0.5) is 0 Å². The van der Waals surface area contributed by atoms with Gasteiger partial charge in [-0.05, 0) is 30.2 Å². The normalized spacial score (nSPS) is 13.4. The van der Waals surface area contributed by atoms with Crippen LogP contribution in [0.5, 0.6) is 0 Å². The molecule has 0 saturated heterocycles. The van der Waals surface area contributed by atoms with Crippen LogP contribution in [0.15, 0.2) is 66.7 Å². The number of nitrogens with one attached hydrogen (secondary N) is 2. The molecule has 27 heavy (non-hydrogen) atoms. The summed E-state index contributed by atoms with van der Waals surface area (Å²) < 4.78 is 0. The van der Waals surface area contributed by atoms with Crippen LogP contribution in [0, 0.1) is 0 Å². The molecule has 0 fully saturated rings. The van der Waals surface area contributed by atoms with Crippen LogP contribution in [0.2, 0.25) is 0 Å². The first kappa shape index (κ1) is 20.1. The monoisotopic (exact) mass is 366 g/mol. The number of hydroxylamine groups is 1. The number of allylic oxidation sites excluding steroid dienone is 2. The minimum absolute atomic E-state index is 0.336. The lowest BCUT2D eigenvalue weighted by atomic mass is 10.1. The molecule has 2 aromatic carbocycles. The largest absolute Gasteiger partial charge is 0.391 e. The molecule has 2 aromatic rings. The molecule has 0 aliphatic heterocycles. The fraction of sp³-hybridized carbons (Fsp3) is 0.143. The Morgan fingerprint density at radius 3 is 2.00 bits per heavy atom. The van der Waals surface area contributed by atoms with Crippen LogP contribution in [-0.2, 0) is 4.79 Å². The lowest BCUT2D eigenvalue weighted by Gasteiger charge is -2.19. The first-order chi connectivity index (χ1) is 13.0. The van der Waals surface area contributed by atoms with Crippen molar-refractivity contribution in [1.29, 1.82) is 0 Å². The molecule has 6 nitrogen and oxygen atoms in total. The smallest absolute Gasteiger partial charge is 0.268 e. The number of hydrogen-bond acceptors (Lipinski definition) is 4. The van der Waals surface area contributed by atoms with Crippen LogP contribution in [0.3, 0.4) is 0 Å². The highest BCUT2D eigenvalue weighted by molar-refractivity contribution is 5.97. The first-order valence-electron chi connectivity index (χ1n) is 8.44. The molecule has 0 heterocycles. The summed E-state index contributed by atoms with van der Waals surface area (Å²) in [6, 6.07) is 15.5. The van der Waals surface area contributed by atoms with Crippen molar-refractivity contribution in [1.82, 2.24) is 10.8 Å².